The van der Waals surface area contributed by atoms with Gasteiger partial charge in [0.05, 0.1) is 0 Å². The first-order valence-corrected chi connectivity index (χ1v) is 5.53. The van der Waals surface area contributed by atoms with E-state index < -0.39 is 8.80 Å². The van der Waals surface area contributed by atoms with Gasteiger partial charge < -0.3 is 0 Å². The molecule has 0 nitrogen and oxygen atoms in total. The minimum Gasteiger partial charge on any atom is -0.0968 e. The van der Waals surface area contributed by atoms with Gasteiger partial charge in [0, 0.05) is 0 Å². The number of hydrogen-bond acceptors (Lipinski definition) is 0. The highest BCUT2D eigenvalue weighted by Crippen LogP contribution is 2.06. The summed E-state index contributed by atoms with van der Waals surface area (Å²) in [5.74, 6) is 0. The van der Waals surface area contributed by atoms with Crippen LogP contribution < -0.4 is 5.19 Å². The number of hydrogen-bond donors (Lipinski definition) is 0. The molecule has 1 heterocycles. The van der Waals surface area contributed by atoms with Crippen molar-refractivity contribution in [3.63, 3.8) is 0 Å². The van der Waals surface area contributed by atoms with Crippen LogP contribution in [0.1, 0.15) is 5.56 Å². The summed E-state index contributed by atoms with van der Waals surface area (Å²) in [5.41, 5.74) is 6.19. The molecular formula is C9H10Si. The zero-order valence-corrected chi connectivity index (χ0v) is 7.20. The first-order valence-electron chi connectivity index (χ1n) is 3.62. The van der Waals surface area contributed by atoms with E-state index in [1.54, 1.807) is 5.19 Å². The summed E-state index contributed by atoms with van der Waals surface area (Å²) in [6, 6.07) is 8.69. The van der Waals surface area contributed by atoms with Gasteiger partial charge in [0.1, 0.15) is 8.80 Å². The van der Waals surface area contributed by atoms with Gasteiger partial charge in [-0.15, -0.1) is 0 Å². The van der Waals surface area contributed by atoms with Crippen molar-refractivity contribution >= 4 is 14.0 Å². The van der Waals surface area contributed by atoms with Crippen LogP contribution in [0.4, 0.5) is 0 Å². The van der Waals surface area contributed by atoms with Crippen LogP contribution in [0, 0.1) is 6.92 Å². The molecule has 0 bridgehead atoms. The predicted octanol–water partition coefficient (Wildman–Crippen LogP) is 1.08. The topological polar surface area (TPSA) is 0 Å². The Morgan fingerprint density at radius 3 is 2.40 bits per heavy atom. The second-order valence-electron chi connectivity index (χ2n) is 2.77. The first kappa shape index (κ1) is 5.92. The first-order chi connectivity index (χ1) is 4.88. The highest BCUT2D eigenvalue weighted by atomic mass is 28.3. The van der Waals surface area contributed by atoms with Gasteiger partial charge in [-0.05, 0) is 6.92 Å². The summed E-state index contributed by atoms with van der Waals surface area (Å²) < 4.78 is 0. The van der Waals surface area contributed by atoms with Crippen LogP contribution in [0.5, 0.6) is 0 Å². The van der Waals surface area contributed by atoms with E-state index in [0.717, 1.165) is 0 Å². The average molecular weight is 146 g/mol. The lowest BCUT2D eigenvalue weighted by atomic mass is 10.2. The van der Waals surface area contributed by atoms with E-state index in [1.165, 1.54) is 5.56 Å². The Hall–Kier alpha value is -0.823. The molecule has 0 saturated carbocycles. The Morgan fingerprint density at radius 1 is 1.10 bits per heavy atom. The SMILES string of the molecule is Cc1ccccc1[SiH]1C=C1. The van der Waals surface area contributed by atoms with Gasteiger partial charge in [-0.25, -0.2) is 0 Å². The van der Waals surface area contributed by atoms with Crippen molar-refractivity contribution in [3.05, 3.63) is 41.2 Å². The molecule has 0 amide bonds. The summed E-state index contributed by atoms with van der Waals surface area (Å²) in [6.07, 6.45) is 0. The molecule has 0 aliphatic carbocycles. The summed E-state index contributed by atoms with van der Waals surface area (Å²) in [4.78, 5) is 0. The molecule has 0 aromatic heterocycles. The van der Waals surface area contributed by atoms with Crippen molar-refractivity contribution in [2.24, 2.45) is 0 Å². The van der Waals surface area contributed by atoms with Gasteiger partial charge in [0.25, 0.3) is 0 Å². The largest absolute Gasteiger partial charge is 0.116 e. The maximum absolute atomic E-state index is 2.36. The molecule has 0 radical (unpaired) electrons. The number of benzene rings is 1. The molecular weight excluding hydrogens is 136 g/mol. The zero-order chi connectivity index (χ0) is 6.97. The van der Waals surface area contributed by atoms with Crippen LogP contribution in [0.3, 0.4) is 0 Å². The van der Waals surface area contributed by atoms with Crippen LogP contribution in [0.2, 0.25) is 0 Å². The Bertz CT molecular complexity index is 270. The molecule has 10 heavy (non-hydrogen) atoms. The second-order valence-corrected chi connectivity index (χ2v) is 5.21. The number of rotatable bonds is 1. The van der Waals surface area contributed by atoms with Gasteiger partial charge in [-0.3, -0.25) is 0 Å². The van der Waals surface area contributed by atoms with Crippen molar-refractivity contribution in [3.8, 4) is 0 Å². The third-order valence-corrected chi connectivity index (χ3v) is 4.07. The van der Waals surface area contributed by atoms with E-state index in [9.17, 15) is 0 Å². The predicted molar refractivity (Wildman–Crippen MR) is 47.1 cm³/mol. The summed E-state index contributed by atoms with van der Waals surface area (Å²) in [7, 11) is -0.568. The normalized spacial score (nSPS) is 15.7. The van der Waals surface area contributed by atoms with Crippen LogP contribution in [-0.2, 0) is 0 Å². The maximum Gasteiger partial charge on any atom is 0.116 e. The molecule has 0 saturated heterocycles. The van der Waals surface area contributed by atoms with Crippen LogP contribution in [0.25, 0.3) is 0 Å². The van der Waals surface area contributed by atoms with E-state index in [1.807, 2.05) is 0 Å². The van der Waals surface area contributed by atoms with Gasteiger partial charge in [-0.1, -0.05) is 46.4 Å². The quantitative estimate of drug-likeness (QED) is 0.520. The van der Waals surface area contributed by atoms with E-state index in [0.29, 0.717) is 0 Å². The lowest BCUT2D eigenvalue weighted by molar-refractivity contribution is 1.51. The Morgan fingerprint density at radius 2 is 1.80 bits per heavy atom. The molecule has 1 aliphatic heterocycles. The minimum absolute atomic E-state index is 0.568. The standard InChI is InChI=1S/C9H10Si/c1-8-4-2-3-5-9(8)10-6-7-10/h2-7,10H,1H3. The summed E-state index contributed by atoms with van der Waals surface area (Å²) in [5, 5.41) is 1.60. The molecule has 50 valence electrons. The van der Waals surface area contributed by atoms with Crippen molar-refractivity contribution in [1.29, 1.82) is 0 Å². The van der Waals surface area contributed by atoms with Crippen molar-refractivity contribution in [1.82, 2.24) is 0 Å². The van der Waals surface area contributed by atoms with Crippen molar-refractivity contribution in [2.75, 3.05) is 0 Å². The molecule has 0 atom stereocenters. The third-order valence-electron chi connectivity index (χ3n) is 1.93. The molecule has 2 rings (SSSR count). The monoisotopic (exact) mass is 146 g/mol. The van der Waals surface area contributed by atoms with Gasteiger partial charge in [0.15, 0.2) is 0 Å². The van der Waals surface area contributed by atoms with Gasteiger partial charge in [0.2, 0.25) is 0 Å². The fourth-order valence-electron chi connectivity index (χ4n) is 1.22. The molecule has 1 aromatic carbocycles. The van der Waals surface area contributed by atoms with Crippen molar-refractivity contribution in [2.45, 2.75) is 6.92 Å². The molecule has 0 spiro atoms. The highest BCUT2D eigenvalue weighted by molar-refractivity contribution is 6.91. The lowest BCUT2D eigenvalue weighted by Crippen LogP contribution is -2.19. The smallest absolute Gasteiger partial charge is 0.0968 e. The fourth-order valence-corrected chi connectivity index (χ4v) is 3.04. The maximum atomic E-state index is 2.36. The van der Waals surface area contributed by atoms with E-state index in [-0.39, 0.29) is 0 Å². The second kappa shape index (κ2) is 2.10. The molecule has 0 unspecified atom stereocenters. The zero-order valence-electron chi connectivity index (χ0n) is 6.04. The fraction of sp³-hybridized carbons (Fsp3) is 0.111. The molecule has 0 N–H and O–H groups in total. The molecule has 0 fully saturated rings. The lowest BCUT2D eigenvalue weighted by Gasteiger charge is -2.00. The van der Waals surface area contributed by atoms with Crippen LogP contribution in [0.15, 0.2) is 35.7 Å². The molecule has 1 aromatic rings. The Kier molecular flexibility index (Phi) is 1.24. The molecule has 1 heteroatoms. The number of aryl methyl sites for hydroxylation is 1. The average Bonchev–Trinajstić information content (AvgIpc) is 2.71. The van der Waals surface area contributed by atoms with Crippen LogP contribution >= 0.6 is 0 Å². The van der Waals surface area contributed by atoms with E-state index in [4.69, 9.17) is 0 Å². The van der Waals surface area contributed by atoms with E-state index in [2.05, 4.69) is 42.6 Å². The Balaban J connectivity index is 2.39. The van der Waals surface area contributed by atoms with Crippen molar-refractivity contribution < 1.29 is 0 Å². The van der Waals surface area contributed by atoms with Crippen LogP contribution in [-0.4, -0.2) is 8.80 Å². The summed E-state index contributed by atoms with van der Waals surface area (Å²) >= 11 is 0. The highest BCUT2D eigenvalue weighted by Gasteiger charge is 2.16. The minimum atomic E-state index is -0.568. The van der Waals surface area contributed by atoms with Gasteiger partial charge >= 0.3 is 0 Å². The summed E-state index contributed by atoms with van der Waals surface area (Å²) in [6.45, 7) is 2.20. The molecule has 1 aliphatic rings. The third kappa shape index (κ3) is 0.928. The Labute approximate surface area is 62.8 Å². The van der Waals surface area contributed by atoms with Gasteiger partial charge in [-0.2, -0.15) is 0 Å². The van der Waals surface area contributed by atoms with E-state index >= 15 is 0 Å².